The SMILES string of the molecule is COC(=O)c1cccc(-c2cc(-n3ccnc3)c3ccc(Cl)cc3n2)c1. The smallest absolute Gasteiger partial charge is 0.337 e. The molecule has 0 aliphatic heterocycles. The molecular formula is C20H14ClN3O2. The van der Waals surface area contributed by atoms with Gasteiger partial charge in [0.25, 0.3) is 0 Å². The van der Waals surface area contributed by atoms with Crippen molar-refractivity contribution >= 4 is 28.5 Å². The van der Waals surface area contributed by atoms with Gasteiger partial charge in [-0.25, -0.2) is 14.8 Å². The van der Waals surface area contributed by atoms with Crippen LogP contribution in [0.4, 0.5) is 0 Å². The van der Waals surface area contributed by atoms with Crippen LogP contribution < -0.4 is 0 Å². The van der Waals surface area contributed by atoms with Crippen LogP contribution in [0.2, 0.25) is 5.02 Å². The number of imidazole rings is 1. The van der Waals surface area contributed by atoms with Gasteiger partial charge in [0.2, 0.25) is 0 Å². The fraction of sp³-hybridized carbons (Fsp3) is 0.0500. The van der Waals surface area contributed by atoms with E-state index in [4.69, 9.17) is 21.3 Å². The van der Waals surface area contributed by atoms with Gasteiger partial charge in [0.1, 0.15) is 0 Å². The van der Waals surface area contributed by atoms with Gasteiger partial charge in [-0.2, -0.15) is 0 Å². The highest BCUT2D eigenvalue weighted by atomic mass is 35.5. The van der Waals surface area contributed by atoms with Gasteiger partial charge >= 0.3 is 5.97 Å². The minimum absolute atomic E-state index is 0.384. The van der Waals surface area contributed by atoms with Crippen molar-refractivity contribution in [1.29, 1.82) is 0 Å². The van der Waals surface area contributed by atoms with Crippen LogP contribution in [0.15, 0.2) is 67.3 Å². The standard InChI is InChI=1S/C20H14ClN3O2/c1-26-20(25)14-4-2-3-13(9-14)17-11-19(24-8-7-22-12-24)16-6-5-15(21)10-18(16)23-17/h2-12H,1H3. The molecule has 0 atom stereocenters. The Balaban J connectivity index is 1.95. The average molecular weight is 364 g/mol. The molecule has 0 bridgehead atoms. The third-order valence-corrected chi connectivity index (χ3v) is 4.35. The summed E-state index contributed by atoms with van der Waals surface area (Å²) in [6.07, 6.45) is 5.33. The quantitative estimate of drug-likeness (QED) is 0.502. The molecule has 2 aromatic carbocycles. The van der Waals surface area contributed by atoms with E-state index in [1.54, 1.807) is 24.7 Å². The molecule has 0 amide bonds. The number of carbonyl (C=O) groups is 1. The molecule has 0 unspecified atom stereocenters. The summed E-state index contributed by atoms with van der Waals surface area (Å²) in [4.78, 5) is 20.7. The maximum atomic E-state index is 11.8. The molecule has 128 valence electrons. The fourth-order valence-corrected chi connectivity index (χ4v) is 3.04. The number of halogens is 1. The van der Waals surface area contributed by atoms with Crippen molar-refractivity contribution in [3.05, 3.63) is 77.8 Å². The summed E-state index contributed by atoms with van der Waals surface area (Å²) in [5, 5.41) is 1.57. The van der Waals surface area contributed by atoms with Gasteiger partial charge in [0, 0.05) is 28.4 Å². The van der Waals surface area contributed by atoms with E-state index < -0.39 is 0 Å². The zero-order chi connectivity index (χ0) is 18.1. The van der Waals surface area contributed by atoms with E-state index >= 15 is 0 Å². The Kier molecular flexibility index (Phi) is 4.14. The van der Waals surface area contributed by atoms with Crippen molar-refractivity contribution < 1.29 is 9.53 Å². The van der Waals surface area contributed by atoms with Crippen molar-refractivity contribution in [2.24, 2.45) is 0 Å². The zero-order valence-corrected chi connectivity index (χ0v) is 14.6. The Morgan fingerprint density at radius 3 is 2.81 bits per heavy atom. The van der Waals surface area contributed by atoms with Crippen molar-refractivity contribution in [3.63, 3.8) is 0 Å². The lowest BCUT2D eigenvalue weighted by Gasteiger charge is -2.11. The molecule has 2 heterocycles. The first-order valence-electron chi connectivity index (χ1n) is 7.93. The number of methoxy groups -OCH3 is 1. The second-order valence-electron chi connectivity index (χ2n) is 5.73. The lowest BCUT2D eigenvalue weighted by molar-refractivity contribution is 0.0601. The van der Waals surface area contributed by atoms with Crippen molar-refractivity contribution in [3.8, 4) is 16.9 Å². The molecule has 0 aliphatic carbocycles. The van der Waals surface area contributed by atoms with Crippen LogP contribution in [0.1, 0.15) is 10.4 Å². The van der Waals surface area contributed by atoms with E-state index in [1.165, 1.54) is 7.11 Å². The lowest BCUT2D eigenvalue weighted by atomic mass is 10.0. The van der Waals surface area contributed by atoms with Crippen LogP contribution in [-0.2, 0) is 4.74 Å². The minimum Gasteiger partial charge on any atom is -0.465 e. The Morgan fingerprint density at radius 1 is 1.15 bits per heavy atom. The van der Waals surface area contributed by atoms with Gasteiger partial charge in [-0.15, -0.1) is 0 Å². The molecule has 0 spiro atoms. The number of hydrogen-bond acceptors (Lipinski definition) is 4. The molecule has 0 saturated heterocycles. The predicted molar refractivity (Wildman–Crippen MR) is 101 cm³/mol. The number of pyridine rings is 1. The van der Waals surface area contributed by atoms with Crippen LogP contribution in [0.25, 0.3) is 27.8 Å². The van der Waals surface area contributed by atoms with Crippen molar-refractivity contribution in [2.45, 2.75) is 0 Å². The van der Waals surface area contributed by atoms with Gasteiger partial charge in [0.05, 0.1) is 35.9 Å². The summed E-state index contributed by atoms with van der Waals surface area (Å²) < 4.78 is 6.73. The van der Waals surface area contributed by atoms with E-state index in [-0.39, 0.29) is 5.97 Å². The molecule has 0 aliphatic rings. The van der Waals surface area contributed by atoms with Crippen LogP contribution in [-0.4, -0.2) is 27.6 Å². The van der Waals surface area contributed by atoms with Gasteiger partial charge in [-0.1, -0.05) is 23.7 Å². The molecule has 6 heteroatoms. The Bertz CT molecular complexity index is 1110. The van der Waals surface area contributed by atoms with E-state index in [0.29, 0.717) is 10.6 Å². The molecule has 0 N–H and O–H groups in total. The number of aromatic nitrogens is 3. The summed E-state index contributed by atoms with van der Waals surface area (Å²) in [5.41, 5.74) is 3.72. The number of benzene rings is 2. The largest absolute Gasteiger partial charge is 0.465 e. The number of hydrogen-bond donors (Lipinski definition) is 0. The highest BCUT2D eigenvalue weighted by Gasteiger charge is 2.12. The lowest BCUT2D eigenvalue weighted by Crippen LogP contribution is -2.01. The second-order valence-corrected chi connectivity index (χ2v) is 6.17. The normalized spacial score (nSPS) is 10.8. The van der Waals surface area contributed by atoms with Crippen LogP contribution in [0, 0.1) is 0 Å². The van der Waals surface area contributed by atoms with Gasteiger partial charge in [-0.3, -0.25) is 0 Å². The highest BCUT2D eigenvalue weighted by molar-refractivity contribution is 6.31. The van der Waals surface area contributed by atoms with Crippen LogP contribution in [0.3, 0.4) is 0 Å². The first kappa shape index (κ1) is 16.3. The Hall–Kier alpha value is -3.18. The van der Waals surface area contributed by atoms with Crippen molar-refractivity contribution in [1.82, 2.24) is 14.5 Å². The summed E-state index contributed by atoms with van der Waals surface area (Å²) in [7, 11) is 1.36. The minimum atomic E-state index is -0.384. The first-order valence-corrected chi connectivity index (χ1v) is 8.31. The molecule has 2 aromatic heterocycles. The maximum Gasteiger partial charge on any atom is 0.337 e. The van der Waals surface area contributed by atoms with Gasteiger partial charge < -0.3 is 9.30 Å². The molecule has 5 nitrogen and oxygen atoms in total. The fourth-order valence-electron chi connectivity index (χ4n) is 2.87. The molecular weight excluding hydrogens is 350 g/mol. The maximum absolute atomic E-state index is 11.8. The molecule has 0 saturated carbocycles. The van der Waals surface area contributed by atoms with Gasteiger partial charge in [0.15, 0.2) is 0 Å². The number of nitrogens with zero attached hydrogens (tertiary/aromatic N) is 3. The number of esters is 1. The third-order valence-electron chi connectivity index (χ3n) is 4.11. The van der Waals surface area contributed by atoms with E-state index in [0.717, 1.165) is 27.8 Å². The van der Waals surface area contributed by atoms with Crippen LogP contribution >= 0.6 is 11.6 Å². The van der Waals surface area contributed by atoms with Crippen LogP contribution in [0.5, 0.6) is 0 Å². The summed E-state index contributed by atoms with van der Waals surface area (Å²) >= 11 is 6.16. The average Bonchev–Trinajstić information content (AvgIpc) is 3.21. The number of carbonyl (C=O) groups excluding carboxylic acids is 1. The summed E-state index contributed by atoms with van der Waals surface area (Å²) in [6.45, 7) is 0. The molecule has 4 aromatic rings. The number of ether oxygens (including phenoxy) is 1. The molecule has 0 radical (unpaired) electrons. The Morgan fingerprint density at radius 2 is 2.04 bits per heavy atom. The Labute approximate surface area is 154 Å². The summed E-state index contributed by atoms with van der Waals surface area (Å²) in [6, 6.07) is 14.8. The van der Waals surface area contributed by atoms with Gasteiger partial charge in [-0.05, 0) is 36.4 Å². The number of rotatable bonds is 3. The van der Waals surface area contributed by atoms with E-state index in [2.05, 4.69) is 4.98 Å². The molecule has 0 fully saturated rings. The molecule has 4 rings (SSSR count). The number of fused-ring (bicyclic) bond motifs is 1. The van der Waals surface area contributed by atoms with Crippen molar-refractivity contribution in [2.75, 3.05) is 7.11 Å². The van der Waals surface area contributed by atoms with E-state index in [9.17, 15) is 4.79 Å². The highest BCUT2D eigenvalue weighted by Crippen LogP contribution is 2.29. The zero-order valence-electron chi connectivity index (χ0n) is 13.9. The van der Waals surface area contributed by atoms with E-state index in [1.807, 2.05) is 47.2 Å². The third kappa shape index (κ3) is 2.93. The summed E-state index contributed by atoms with van der Waals surface area (Å²) in [5.74, 6) is -0.384. The topological polar surface area (TPSA) is 57.0 Å². The predicted octanol–water partition coefficient (Wildman–Crippen LogP) is 4.53. The molecule has 26 heavy (non-hydrogen) atoms. The second kappa shape index (κ2) is 6.61. The monoisotopic (exact) mass is 363 g/mol. The first-order chi connectivity index (χ1) is 12.7.